The molecule has 2 aliphatic heterocycles. The van der Waals surface area contributed by atoms with Crippen LogP contribution < -0.4 is 10.1 Å². The van der Waals surface area contributed by atoms with Crippen molar-refractivity contribution < 1.29 is 51.6 Å². The SMILES string of the molecule is CC(C)(C)OC(=O)N1CCC2(COCC(=O)N2)C1COC1CCC(c2ccccc2O/C(=C/C(=O)O)C(F)(F)F)CC1. The molecule has 0 radical (unpaired) electrons. The highest BCUT2D eigenvalue weighted by Gasteiger charge is 2.53. The number of rotatable bonds is 7. The topological polar surface area (TPSA) is 124 Å². The number of benzene rings is 1. The number of nitrogens with zero attached hydrogens (tertiary/aromatic N) is 1. The van der Waals surface area contributed by atoms with Gasteiger partial charge in [-0.1, -0.05) is 18.2 Å². The van der Waals surface area contributed by atoms with Crippen LogP contribution >= 0.6 is 0 Å². The second-order valence-electron chi connectivity index (χ2n) is 11.9. The summed E-state index contributed by atoms with van der Waals surface area (Å²) >= 11 is 0. The number of carbonyl (C=O) groups excluding carboxylic acids is 2. The van der Waals surface area contributed by atoms with E-state index < -0.39 is 41.2 Å². The summed E-state index contributed by atoms with van der Waals surface area (Å²) in [7, 11) is 0. The Morgan fingerprint density at radius 1 is 1.17 bits per heavy atom. The van der Waals surface area contributed by atoms with Gasteiger partial charge in [-0.3, -0.25) is 4.79 Å². The number of allylic oxidation sites excluding steroid dienone is 1. The van der Waals surface area contributed by atoms with Crippen LogP contribution in [0.25, 0.3) is 0 Å². The molecule has 10 nitrogen and oxygen atoms in total. The highest BCUT2D eigenvalue weighted by atomic mass is 19.4. The number of likely N-dealkylation sites (tertiary alicyclic amines) is 1. The van der Waals surface area contributed by atoms with E-state index in [9.17, 15) is 27.6 Å². The first-order chi connectivity index (χ1) is 19.7. The predicted octanol–water partition coefficient (Wildman–Crippen LogP) is 4.53. The number of hydrogen-bond donors (Lipinski definition) is 2. The maximum atomic E-state index is 13.4. The van der Waals surface area contributed by atoms with Crippen LogP contribution in [-0.2, 0) is 23.8 Å². The third-order valence-corrected chi connectivity index (χ3v) is 7.70. The number of morpholine rings is 1. The van der Waals surface area contributed by atoms with Gasteiger partial charge in [-0.15, -0.1) is 0 Å². The van der Waals surface area contributed by atoms with Gasteiger partial charge in [0.25, 0.3) is 0 Å². The summed E-state index contributed by atoms with van der Waals surface area (Å²) in [4.78, 5) is 37.8. The van der Waals surface area contributed by atoms with Crippen molar-refractivity contribution >= 4 is 18.0 Å². The van der Waals surface area contributed by atoms with Crippen molar-refractivity contribution in [3.8, 4) is 5.75 Å². The molecule has 3 fully saturated rings. The van der Waals surface area contributed by atoms with E-state index in [-0.39, 0.29) is 49.6 Å². The Balaban J connectivity index is 1.42. The molecule has 2 N–H and O–H groups in total. The molecule has 1 spiro atoms. The zero-order valence-corrected chi connectivity index (χ0v) is 23.9. The van der Waals surface area contributed by atoms with E-state index >= 15 is 0 Å². The van der Waals surface area contributed by atoms with E-state index in [0.717, 1.165) is 0 Å². The minimum atomic E-state index is -4.97. The van der Waals surface area contributed by atoms with E-state index in [1.54, 1.807) is 37.8 Å². The zero-order valence-electron chi connectivity index (χ0n) is 23.9. The number of para-hydroxylation sites is 1. The molecular formula is C29H37F3N2O8. The van der Waals surface area contributed by atoms with Gasteiger partial charge in [0.15, 0.2) is 0 Å². The van der Waals surface area contributed by atoms with Crippen LogP contribution in [0.1, 0.15) is 64.4 Å². The number of nitrogens with one attached hydrogen (secondary N) is 1. The molecule has 1 aromatic carbocycles. The van der Waals surface area contributed by atoms with Gasteiger partial charge in [-0.05, 0) is 70.4 Å². The number of halogens is 3. The molecule has 1 aliphatic carbocycles. The highest BCUT2D eigenvalue weighted by molar-refractivity contribution is 5.80. The minimum absolute atomic E-state index is 0.0116. The summed E-state index contributed by atoms with van der Waals surface area (Å²) in [5, 5.41) is 11.9. The first-order valence-corrected chi connectivity index (χ1v) is 14.0. The fourth-order valence-corrected chi connectivity index (χ4v) is 5.80. The Morgan fingerprint density at radius 3 is 2.48 bits per heavy atom. The summed E-state index contributed by atoms with van der Waals surface area (Å²) in [6, 6.07) is 5.80. The minimum Gasteiger partial charge on any atom is -0.478 e. The van der Waals surface area contributed by atoms with Crippen LogP contribution in [0.3, 0.4) is 0 Å². The molecule has 13 heteroatoms. The van der Waals surface area contributed by atoms with E-state index in [2.05, 4.69) is 5.32 Å². The van der Waals surface area contributed by atoms with Crippen molar-refractivity contribution in [3.05, 3.63) is 41.7 Å². The van der Waals surface area contributed by atoms with Gasteiger partial charge < -0.3 is 34.3 Å². The molecule has 0 bridgehead atoms. The fourth-order valence-electron chi connectivity index (χ4n) is 5.80. The number of aliphatic carboxylic acids is 1. The Morgan fingerprint density at radius 2 is 1.86 bits per heavy atom. The molecule has 3 aliphatic rings. The largest absolute Gasteiger partial charge is 0.478 e. The highest BCUT2D eigenvalue weighted by Crippen LogP contribution is 2.41. The number of carbonyl (C=O) groups is 3. The fraction of sp³-hybridized carbons (Fsp3) is 0.621. The average Bonchev–Trinajstić information content (AvgIpc) is 3.22. The summed E-state index contributed by atoms with van der Waals surface area (Å²) in [6.45, 7) is 6.05. The van der Waals surface area contributed by atoms with Crippen LogP contribution in [0.15, 0.2) is 36.1 Å². The lowest BCUT2D eigenvalue weighted by molar-refractivity contribution is -0.138. The summed E-state index contributed by atoms with van der Waals surface area (Å²) in [5.74, 6) is -3.78. The van der Waals surface area contributed by atoms with Crippen molar-refractivity contribution in [2.75, 3.05) is 26.4 Å². The number of ether oxygens (including phenoxy) is 4. The van der Waals surface area contributed by atoms with Crippen LogP contribution in [0.4, 0.5) is 18.0 Å². The van der Waals surface area contributed by atoms with Gasteiger partial charge >= 0.3 is 18.2 Å². The Hall–Kier alpha value is -3.32. The van der Waals surface area contributed by atoms with Crippen molar-refractivity contribution in [1.82, 2.24) is 10.2 Å². The van der Waals surface area contributed by atoms with Gasteiger partial charge in [0, 0.05) is 6.54 Å². The van der Waals surface area contributed by atoms with Gasteiger partial charge in [0.05, 0.1) is 37.0 Å². The van der Waals surface area contributed by atoms with Crippen molar-refractivity contribution in [2.45, 2.75) is 88.3 Å². The Labute approximate surface area is 242 Å². The van der Waals surface area contributed by atoms with Crippen molar-refractivity contribution in [3.63, 3.8) is 0 Å². The summed E-state index contributed by atoms with van der Waals surface area (Å²) < 4.78 is 62.7. The second-order valence-corrected chi connectivity index (χ2v) is 11.9. The maximum Gasteiger partial charge on any atom is 0.449 e. The van der Waals surface area contributed by atoms with E-state index in [4.69, 9.17) is 24.1 Å². The van der Waals surface area contributed by atoms with E-state index in [1.165, 1.54) is 12.1 Å². The number of hydrogen-bond acceptors (Lipinski definition) is 7. The zero-order chi connectivity index (χ0) is 30.7. The molecule has 1 saturated carbocycles. The summed E-state index contributed by atoms with van der Waals surface area (Å²) in [6.07, 6.45) is -2.74. The van der Waals surface area contributed by atoms with Gasteiger partial charge in [-0.2, -0.15) is 13.2 Å². The Kier molecular flexibility index (Phi) is 9.41. The molecular weight excluding hydrogens is 561 g/mol. The molecule has 0 aromatic heterocycles. The molecule has 232 valence electrons. The predicted molar refractivity (Wildman–Crippen MR) is 143 cm³/mol. The monoisotopic (exact) mass is 598 g/mol. The van der Waals surface area contributed by atoms with E-state index in [1.807, 2.05) is 0 Å². The van der Waals surface area contributed by atoms with Gasteiger partial charge in [0.1, 0.15) is 18.0 Å². The van der Waals surface area contributed by atoms with Crippen molar-refractivity contribution in [1.29, 1.82) is 0 Å². The normalized spacial score (nSPS) is 27.1. The van der Waals surface area contributed by atoms with Crippen LogP contribution in [0.5, 0.6) is 5.75 Å². The van der Waals surface area contributed by atoms with Gasteiger partial charge in [-0.25, -0.2) is 9.59 Å². The number of alkyl halides is 3. The first-order valence-electron chi connectivity index (χ1n) is 14.0. The summed E-state index contributed by atoms with van der Waals surface area (Å²) in [5.41, 5.74) is -0.934. The number of carboxylic acids is 1. The van der Waals surface area contributed by atoms with Crippen LogP contribution in [0, 0.1) is 0 Å². The number of amides is 2. The quantitative estimate of drug-likeness (QED) is 0.347. The first kappa shape index (κ1) is 31.6. The number of carboxylic acid groups (broad SMARTS) is 1. The molecule has 1 aromatic rings. The lowest BCUT2D eigenvalue weighted by Gasteiger charge is -2.41. The third-order valence-electron chi connectivity index (χ3n) is 7.70. The van der Waals surface area contributed by atoms with Crippen LogP contribution in [-0.4, -0.2) is 83.8 Å². The smallest absolute Gasteiger partial charge is 0.449 e. The molecule has 2 amide bonds. The molecule has 4 rings (SSSR count). The van der Waals surface area contributed by atoms with Crippen LogP contribution in [0.2, 0.25) is 0 Å². The second kappa shape index (κ2) is 12.5. The average molecular weight is 599 g/mol. The molecule has 2 heterocycles. The van der Waals surface area contributed by atoms with Gasteiger partial charge in [0.2, 0.25) is 11.7 Å². The maximum absolute atomic E-state index is 13.4. The Bertz CT molecular complexity index is 1190. The lowest BCUT2D eigenvalue weighted by atomic mass is 9.82. The van der Waals surface area contributed by atoms with E-state index in [0.29, 0.717) is 44.2 Å². The third kappa shape index (κ3) is 7.74. The molecule has 2 saturated heterocycles. The van der Waals surface area contributed by atoms with Crippen molar-refractivity contribution in [2.24, 2.45) is 0 Å². The molecule has 2 atom stereocenters. The molecule has 2 unspecified atom stereocenters. The standard InChI is InChI=1S/C29H37F3N2O8/c1-27(2,3)42-26(38)34-13-12-28(17-39-16-24(35)33-28)22(34)15-40-19-10-8-18(9-11-19)20-6-4-5-7-21(20)41-23(14-25(36)37)29(30,31)32/h4-7,14,18-19,22H,8-13,15-17H2,1-3H3,(H,33,35)(H,36,37)/b23-14+. The lowest BCUT2D eigenvalue weighted by Crippen LogP contribution is -2.65. The molecule has 42 heavy (non-hydrogen) atoms.